The Morgan fingerprint density at radius 1 is 1.34 bits per heavy atom. The maximum Gasteiger partial charge on any atom is 0.307 e. The van der Waals surface area contributed by atoms with E-state index in [1.807, 2.05) is 0 Å². The van der Waals surface area contributed by atoms with Crippen LogP contribution in [-0.4, -0.2) is 54.5 Å². The molecule has 32 heavy (non-hydrogen) atoms. The van der Waals surface area contributed by atoms with Crippen LogP contribution in [0.2, 0.25) is 0 Å². The number of aromatic nitrogens is 2. The number of esters is 1. The molecule has 0 fully saturated rings. The molecular formula is C19H23N5O7S. The van der Waals surface area contributed by atoms with Crippen LogP contribution < -0.4 is 9.62 Å². The summed E-state index contributed by atoms with van der Waals surface area (Å²) in [7, 11) is -2.20. The summed E-state index contributed by atoms with van der Waals surface area (Å²) in [4.78, 5) is 40.3. The van der Waals surface area contributed by atoms with Gasteiger partial charge in [0.1, 0.15) is 5.82 Å². The van der Waals surface area contributed by atoms with Crippen molar-refractivity contribution in [3.05, 3.63) is 45.9 Å². The lowest BCUT2D eigenvalue weighted by Crippen LogP contribution is -2.38. The van der Waals surface area contributed by atoms with Crippen molar-refractivity contribution in [1.29, 1.82) is 0 Å². The molecule has 1 aliphatic rings. The van der Waals surface area contributed by atoms with Gasteiger partial charge in [-0.2, -0.15) is 0 Å². The molecule has 2 aromatic rings. The first-order valence-corrected chi connectivity index (χ1v) is 11.3. The summed E-state index contributed by atoms with van der Waals surface area (Å²) < 4.78 is 33.2. The summed E-state index contributed by atoms with van der Waals surface area (Å²) in [5, 5.41) is 10.8. The quantitative estimate of drug-likeness (QED) is 0.342. The van der Waals surface area contributed by atoms with E-state index in [1.165, 1.54) is 29.3 Å². The Kier molecular flexibility index (Phi) is 6.89. The van der Waals surface area contributed by atoms with Crippen molar-refractivity contribution >= 4 is 33.3 Å². The number of anilines is 1. The number of nitrogens with zero attached hydrogens (tertiary/aromatic N) is 4. The number of carbonyl (C=O) groups is 2. The molecule has 0 atom stereocenters. The number of benzene rings is 1. The number of non-ortho nitro benzene ring substituents is 1. The van der Waals surface area contributed by atoms with Crippen LogP contribution in [0.1, 0.15) is 24.2 Å². The fraction of sp³-hybridized carbons (Fsp3) is 0.421. The zero-order valence-corrected chi connectivity index (χ0v) is 18.4. The van der Waals surface area contributed by atoms with Gasteiger partial charge in [-0.05, 0) is 31.4 Å². The van der Waals surface area contributed by atoms with Crippen molar-refractivity contribution in [3.63, 3.8) is 0 Å². The second-order valence-electron chi connectivity index (χ2n) is 7.26. The number of aryl methyl sites for hydroxylation is 3. The number of nitro groups is 1. The molecule has 0 saturated heterocycles. The predicted molar refractivity (Wildman–Crippen MR) is 112 cm³/mol. The van der Waals surface area contributed by atoms with E-state index >= 15 is 0 Å². The molecule has 172 valence electrons. The zero-order valence-electron chi connectivity index (χ0n) is 17.6. The number of hydrogen-bond donors (Lipinski definition) is 1. The number of nitro benzene ring substituents is 1. The standard InChI is InChI=1S/C19H23N5O7S/c1-13-21-17(11-22(13)2)32(29,30)20-8-7-19(26)31-12-18(25)23-9-3-4-14-10-15(24(27)28)5-6-16(14)23/h5-6,10-11,20H,3-4,7-9,12H2,1-2H3. The van der Waals surface area contributed by atoms with Crippen molar-refractivity contribution in [3.8, 4) is 0 Å². The molecule has 1 aliphatic heterocycles. The molecule has 1 aromatic carbocycles. The van der Waals surface area contributed by atoms with E-state index in [9.17, 15) is 28.1 Å². The van der Waals surface area contributed by atoms with E-state index in [-0.39, 0.29) is 23.7 Å². The number of ether oxygens (including phenoxy) is 1. The number of sulfonamides is 1. The lowest BCUT2D eigenvalue weighted by molar-refractivity contribution is -0.384. The van der Waals surface area contributed by atoms with E-state index in [1.54, 1.807) is 18.5 Å². The van der Waals surface area contributed by atoms with Gasteiger partial charge in [-0.15, -0.1) is 0 Å². The Bertz CT molecular complexity index is 1140. The highest BCUT2D eigenvalue weighted by Gasteiger charge is 2.25. The highest BCUT2D eigenvalue weighted by atomic mass is 32.2. The Balaban J connectivity index is 1.50. The first-order valence-electron chi connectivity index (χ1n) is 9.81. The minimum atomic E-state index is -3.86. The number of imidazole rings is 1. The van der Waals surface area contributed by atoms with Crippen molar-refractivity contribution in [1.82, 2.24) is 14.3 Å². The van der Waals surface area contributed by atoms with Crippen LogP contribution in [-0.2, 0) is 37.8 Å². The van der Waals surface area contributed by atoms with Gasteiger partial charge in [0, 0.05) is 44.2 Å². The van der Waals surface area contributed by atoms with Gasteiger partial charge in [-0.25, -0.2) is 18.1 Å². The smallest absolute Gasteiger partial charge is 0.307 e. The second-order valence-corrected chi connectivity index (χ2v) is 8.98. The first-order chi connectivity index (χ1) is 15.1. The molecule has 1 amide bonds. The molecule has 0 saturated carbocycles. The largest absolute Gasteiger partial charge is 0.456 e. The summed E-state index contributed by atoms with van der Waals surface area (Å²) in [5.74, 6) is -0.672. The highest BCUT2D eigenvalue weighted by molar-refractivity contribution is 7.89. The van der Waals surface area contributed by atoms with Crippen LogP contribution in [0, 0.1) is 17.0 Å². The second kappa shape index (κ2) is 9.44. The summed E-state index contributed by atoms with van der Waals surface area (Å²) in [5.41, 5.74) is 1.19. The molecule has 1 N–H and O–H groups in total. The van der Waals surface area contributed by atoms with Crippen molar-refractivity contribution in [2.45, 2.75) is 31.2 Å². The van der Waals surface area contributed by atoms with Crippen molar-refractivity contribution < 1.29 is 27.7 Å². The normalized spacial score (nSPS) is 13.5. The third-order valence-corrected chi connectivity index (χ3v) is 6.36. The fourth-order valence-electron chi connectivity index (χ4n) is 3.27. The van der Waals surface area contributed by atoms with E-state index in [4.69, 9.17) is 4.74 Å². The van der Waals surface area contributed by atoms with Crippen LogP contribution in [0.4, 0.5) is 11.4 Å². The summed E-state index contributed by atoms with van der Waals surface area (Å²) in [6.07, 6.45) is 2.33. The van der Waals surface area contributed by atoms with E-state index in [0.29, 0.717) is 36.5 Å². The molecule has 0 bridgehead atoms. The average Bonchev–Trinajstić information content (AvgIpc) is 3.10. The number of nitrogens with one attached hydrogen (secondary N) is 1. The first kappa shape index (κ1) is 23.3. The minimum absolute atomic E-state index is 0.0483. The van der Waals surface area contributed by atoms with Gasteiger partial charge in [-0.3, -0.25) is 19.7 Å². The molecular weight excluding hydrogens is 442 g/mol. The van der Waals surface area contributed by atoms with Crippen LogP contribution in [0.3, 0.4) is 0 Å². The molecule has 1 aromatic heterocycles. The van der Waals surface area contributed by atoms with Gasteiger partial charge in [0.05, 0.1) is 11.3 Å². The Hall–Kier alpha value is -3.32. The van der Waals surface area contributed by atoms with Crippen LogP contribution in [0.15, 0.2) is 29.4 Å². The maximum atomic E-state index is 12.5. The van der Waals surface area contributed by atoms with Crippen LogP contribution in [0.25, 0.3) is 0 Å². The predicted octanol–water partition coefficient (Wildman–Crippen LogP) is 0.828. The summed E-state index contributed by atoms with van der Waals surface area (Å²) in [6.45, 7) is 1.35. The van der Waals surface area contributed by atoms with Crippen molar-refractivity contribution in [2.75, 3.05) is 24.6 Å². The molecule has 3 rings (SSSR count). The molecule has 2 heterocycles. The number of rotatable bonds is 8. The fourth-order valence-corrected chi connectivity index (χ4v) is 4.33. The molecule has 0 unspecified atom stereocenters. The Morgan fingerprint density at radius 3 is 2.75 bits per heavy atom. The molecule has 0 aliphatic carbocycles. The number of hydrogen-bond acceptors (Lipinski definition) is 8. The topological polar surface area (TPSA) is 154 Å². The maximum absolute atomic E-state index is 12.5. The monoisotopic (exact) mass is 465 g/mol. The third kappa shape index (κ3) is 5.29. The Labute approximate surface area is 184 Å². The third-order valence-electron chi connectivity index (χ3n) is 5.03. The highest BCUT2D eigenvalue weighted by Crippen LogP contribution is 2.30. The lowest BCUT2D eigenvalue weighted by Gasteiger charge is -2.29. The van der Waals surface area contributed by atoms with Gasteiger partial charge in [0.2, 0.25) is 0 Å². The van der Waals surface area contributed by atoms with Crippen LogP contribution >= 0.6 is 0 Å². The van der Waals surface area contributed by atoms with Gasteiger partial charge in [0.25, 0.3) is 21.6 Å². The number of amides is 1. The van der Waals surface area contributed by atoms with Gasteiger partial charge >= 0.3 is 5.97 Å². The zero-order chi connectivity index (χ0) is 23.5. The SMILES string of the molecule is Cc1nc(S(=O)(=O)NCCC(=O)OCC(=O)N2CCCc3cc([N+](=O)[O-])ccc32)cn1C. The molecule has 12 nitrogen and oxygen atoms in total. The Morgan fingerprint density at radius 2 is 2.09 bits per heavy atom. The van der Waals surface area contributed by atoms with E-state index < -0.39 is 33.4 Å². The molecule has 0 spiro atoms. The van der Waals surface area contributed by atoms with E-state index in [2.05, 4.69) is 9.71 Å². The molecule has 13 heteroatoms. The summed E-state index contributed by atoms with van der Waals surface area (Å²) in [6, 6.07) is 4.28. The van der Waals surface area contributed by atoms with Gasteiger partial charge < -0.3 is 14.2 Å². The molecule has 0 radical (unpaired) electrons. The van der Waals surface area contributed by atoms with Gasteiger partial charge in [0.15, 0.2) is 11.6 Å². The van der Waals surface area contributed by atoms with Crippen molar-refractivity contribution in [2.24, 2.45) is 7.05 Å². The average molecular weight is 465 g/mol. The van der Waals surface area contributed by atoms with Gasteiger partial charge in [-0.1, -0.05) is 0 Å². The van der Waals surface area contributed by atoms with Crippen LogP contribution in [0.5, 0.6) is 0 Å². The number of carbonyl (C=O) groups excluding carboxylic acids is 2. The lowest BCUT2D eigenvalue weighted by atomic mass is 10.0. The van der Waals surface area contributed by atoms with E-state index in [0.717, 1.165) is 0 Å². The minimum Gasteiger partial charge on any atom is -0.456 e. The summed E-state index contributed by atoms with van der Waals surface area (Å²) >= 11 is 0. The number of fused-ring (bicyclic) bond motifs is 1.